The van der Waals surface area contributed by atoms with Gasteiger partial charge in [-0.15, -0.1) is 0 Å². The maximum Gasteiger partial charge on any atom is 0.188 e. The minimum Gasteiger partial charge on any atom is -0.471 e. The summed E-state index contributed by atoms with van der Waals surface area (Å²) < 4.78 is 12.4. The summed E-state index contributed by atoms with van der Waals surface area (Å²) in [5.41, 5.74) is 10.4. The molecule has 9 rings (SSSR count). The molecule has 6 aliphatic rings. The van der Waals surface area contributed by atoms with Gasteiger partial charge in [0, 0.05) is 41.6 Å². The summed E-state index contributed by atoms with van der Waals surface area (Å²) in [5, 5.41) is 37.9. The summed E-state index contributed by atoms with van der Waals surface area (Å²) in [6, 6.07) is 17.2. The second-order valence-electron chi connectivity index (χ2n) is 21.3. The molecule has 0 bridgehead atoms. The Bertz CT molecular complexity index is 2000. The number of fused-ring (bicyclic) bond motifs is 4. The predicted molar refractivity (Wildman–Crippen MR) is 239 cm³/mol. The van der Waals surface area contributed by atoms with Gasteiger partial charge in [0.25, 0.3) is 0 Å². The van der Waals surface area contributed by atoms with Crippen LogP contribution in [0.2, 0.25) is 0 Å². The zero-order valence-electron chi connectivity index (χ0n) is 36.5. The Labute approximate surface area is 358 Å². The van der Waals surface area contributed by atoms with Crippen molar-refractivity contribution in [3.8, 4) is 0 Å². The molecule has 1 aliphatic heterocycles. The summed E-state index contributed by atoms with van der Waals surface area (Å²) in [4.78, 5) is 4.95. The summed E-state index contributed by atoms with van der Waals surface area (Å²) in [7, 11) is 0. The summed E-state index contributed by atoms with van der Waals surface area (Å²) in [5.74, 6) is 3.80. The lowest BCUT2D eigenvalue weighted by atomic mass is 9.46. The molecule has 326 valence electrons. The first-order valence-electron chi connectivity index (χ1n) is 23.9. The largest absolute Gasteiger partial charge is 0.471 e. The molecule has 1 spiro atoms. The first kappa shape index (κ1) is 42.1. The van der Waals surface area contributed by atoms with Crippen molar-refractivity contribution in [1.82, 2.24) is 5.32 Å². The van der Waals surface area contributed by atoms with Gasteiger partial charge >= 0.3 is 0 Å². The summed E-state index contributed by atoms with van der Waals surface area (Å²) in [6.07, 6.45) is 24.5. The van der Waals surface area contributed by atoms with E-state index in [1.165, 1.54) is 61.6 Å². The fourth-order valence-electron chi connectivity index (χ4n) is 14.1. The Hall–Kier alpha value is -3.17. The minimum atomic E-state index is -0.707. The molecule has 0 amide bonds. The molecule has 3 aromatic rings. The van der Waals surface area contributed by atoms with Crippen molar-refractivity contribution in [2.45, 2.75) is 159 Å². The number of hydrogen-bond donors (Lipinski definition) is 5. The van der Waals surface area contributed by atoms with Crippen LogP contribution >= 0.6 is 0 Å². The topological polar surface area (TPSA) is 137 Å². The average molecular weight is 820 g/mol. The van der Waals surface area contributed by atoms with E-state index in [1.54, 1.807) is 0 Å². The van der Waals surface area contributed by atoms with E-state index >= 15 is 0 Å². The Balaban J connectivity index is 0.815. The number of aryl methyl sites for hydroxylation is 1. The molecule has 12 unspecified atom stereocenters. The quantitative estimate of drug-likeness (QED) is 0.0502. The Morgan fingerprint density at radius 2 is 1.83 bits per heavy atom. The van der Waals surface area contributed by atoms with Gasteiger partial charge in [0.05, 0.1) is 42.5 Å². The van der Waals surface area contributed by atoms with Gasteiger partial charge in [-0.05, 0) is 162 Å². The molecule has 1 aromatic heterocycles. The highest BCUT2D eigenvalue weighted by atomic mass is 16.6. The van der Waals surface area contributed by atoms with Crippen molar-refractivity contribution in [3.05, 3.63) is 83.8 Å². The lowest BCUT2D eigenvalue weighted by Crippen LogP contribution is -2.51. The van der Waals surface area contributed by atoms with Gasteiger partial charge in [-0.25, -0.2) is 0 Å². The van der Waals surface area contributed by atoms with Crippen LogP contribution in [0.3, 0.4) is 0 Å². The standard InChI is InChI=1S/C52H73N3O5/c1-49(41-16-14-37(26-41)31-54-48(53)55-32-39(15-13-35-8-4-3-5-9-35)43-12-6-10-40-33-59-34-45(40)43)30-44-38(20-25-56)28-51(47-50(2,60-47)22-19-46(44)49)23-17-36(27-51)18-24-52(58)21-7-11-42(57)29-52/h3-6,8-10,12,20,33-34,36-37,39,41-42,44,46-47,56-58H,7,11,13-19,21-32H2,1-2H3,(H3,53,54,55). The Kier molecular flexibility index (Phi) is 12.1. The molecule has 8 nitrogen and oxygen atoms in total. The average Bonchev–Trinajstić information content (AvgIpc) is 3.69. The monoisotopic (exact) mass is 820 g/mol. The van der Waals surface area contributed by atoms with Crippen LogP contribution in [0.4, 0.5) is 0 Å². The van der Waals surface area contributed by atoms with Crippen molar-refractivity contribution >= 4 is 16.7 Å². The predicted octanol–water partition coefficient (Wildman–Crippen LogP) is 9.60. The Morgan fingerprint density at radius 3 is 2.67 bits per heavy atom. The third-order valence-corrected chi connectivity index (χ3v) is 17.5. The molecule has 0 radical (unpaired) electrons. The van der Waals surface area contributed by atoms with E-state index in [0.717, 1.165) is 81.5 Å². The zero-order valence-corrected chi connectivity index (χ0v) is 36.5. The lowest BCUT2D eigenvalue weighted by Gasteiger charge is -2.58. The number of rotatable bonds is 13. The molecular formula is C52H73N3O5. The second kappa shape index (κ2) is 17.2. The number of ether oxygens (including phenoxy) is 1. The van der Waals surface area contributed by atoms with E-state index in [2.05, 4.69) is 73.8 Å². The number of aliphatic hydroxyl groups is 3. The molecule has 2 heterocycles. The highest BCUT2D eigenvalue weighted by Gasteiger charge is 2.67. The van der Waals surface area contributed by atoms with Crippen LogP contribution in [0.25, 0.3) is 10.8 Å². The number of nitrogens with one attached hydrogen (secondary N) is 1. The fourth-order valence-corrected chi connectivity index (χ4v) is 14.1. The van der Waals surface area contributed by atoms with Gasteiger partial charge in [0.15, 0.2) is 5.96 Å². The number of hydrogen-bond acceptors (Lipinski definition) is 6. The first-order valence-corrected chi connectivity index (χ1v) is 23.9. The highest BCUT2D eigenvalue weighted by Crippen LogP contribution is 2.69. The molecule has 60 heavy (non-hydrogen) atoms. The van der Waals surface area contributed by atoms with E-state index in [-0.39, 0.29) is 35.7 Å². The highest BCUT2D eigenvalue weighted by molar-refractivity contribution is 5.85. The number of furan rings is 1. The molecule has 8 heteroatoms. The first-order chi connectivity index (χ1) is 29.0. The molecule has 6 N–H and O–H groups in total. The molecular weight excluding hydrogens is 747 g/mol. The number of epoxide rings is 1. The van der Waals surface area contributed by atoms with E-state index < -0.39 is 5.60 Å². The van der Waals surface area contributed by atoms with E-state index in [1.807, 2.05) is 12.5 Å². The number of nitrogens with two attached hydrogens (primary N) is 1. The zero-order chi connectivity index (χ0) is 41.5. The van der Waals surface area contributed by atoms with E-state index in [0.29, 0.717) is 53.9 Å². The number of nitrogens with zero attached hydrogens (tertiary/aromatic N) is 1. The molecule has 2 aromatic carbocycles. The second-order valence-corrected chi connectivity index (χ2v) is 21.3. The van der Waals surface area contributed by atoms with Crippen LogP contribution in [0.15, 0.2) is 82.1 Å². The molecule has 12 atom stereocenters. The van der Waals surface area contributed by atoms with Gasteiger partial charge in [-0.2, -0.15) is 0 Å². The van der Waals surface area contributed by atoms with Crippen LogP contribution < -0.4 is 11.1 Å². The van der Waals surface area contributed by atoms with Crippen molar-refractivity contribution < 1.29 is 24.5 Å². The molecule has 5 aliphatic carbocycles. The summed E-state index contributed by atoms with van der Waals surface area (Å²) >= 11 is 0. The lowest BCUT2D eigenvalue weighted by molar-refractivity contribution is -0.0698. The third-order valence-electron chi connectivity index (χ3n) is 17.5. The normalized spacial score (nSPS) is 39.1. The number of aliphatic hydroxyl groups excluding tert-OH is 2. The SMILES string of the molecule is CC12CCC3C(CC3(C)C3CCC(CNC(N)=NCC(CCc4ccccc4)c4cccc5cocc45)C3)C(=CCO)CC3(CCC(CCC4(O)CCCC(O)C4)C3)C1O2. The van der Waals surface area contributed by atoms with Gasteiger partial charge in [0.2, 0.25) is 0 Å². The summed E-state index contributed by atoms with van der Waals surface area (Å²) in [6.45, 7) is 6.59. The van der Waals surface area contributed by atoms with Crippen LogP contribution in [-0.4, -0.2) is 64.4 Å². The van der Waals surface area contributed by atoms with Crippen LogP contribution in [0, 0.1) is 40.4 Å². The van der Waals surface area contributed by atoms with Gasteiger partial charge in [-0.1, -0.05) is 67.1 Å². The maximum atomic E-state index is 11.3. The molecule has 6 fully saturated rings. The van der Waals surface area contributed by atoms with Crippen LogP contribution in [0.5, 0.6) is 0 Å². The van der Waals surface area contributed by atoms with Gasteiger partial charge in [-0.3, -0.25) is 4.99 Å². The number of benzene rings is 2. The minimum absolute atomic E-state index is 0.0547. The van der Waals surface area contributed by atoms with Crippen LogP contribution in [0.1, 0.15) is 140 Å². The van der Waals surface area contributed by atoms with Crippen molar-refractivity contribution in [2.75, 3.05) is 19.7 Å². The fraction of sp³-hybridized carbons (Fsp3) is 0.673. The van der Waals surface area contributed by atoms with E-state index in [9.17, 15) is 15.3 Å². The molecule has 5 saturated carbocycles. The third kappa shape index (κ3) is 8.61. The van der Waals surface area contributed by atoms with Crippen molar-refractivity contribution in [2.24, 2.45) is 51.1 Å². The number of guanidine groups is 1. The van der Waals surface area contributed by atoms with Crippen molar-refractivity contribution in [3.63, 3.8) is 0 Å². The van der Waals surface area contributed by atoms with Gasteiger partial charge < -0.3 is 35.5 Å². The molecule has 1 saturated heterocycles. The van der Waals surface area contributed by atoms with Gasteiger partial charge in [0.1, 0.15) is 0 Å². The smallest absolute Gasteiger partial charge is 0.188 e. The van der Waals surface area contributed by atoms with Crippen molar-refractivity contribution in [1.29, 1.82) is 0 Å². The number of allylic oxidation sites excluding steroid dienone is 1. The maximum absolute atomic E-state index is 11.3. The van der Waals surface area contributed by atoms with Crippen LogP contribution in [-0.2, 0) is 11.2 Å². The number of aliphatic imine (C=N–C) groups is 1. The van der Waals surface area contributed by atoms with E-state index in [4.69, 9.17) is 19.9 Å². The Morgan fingerprint density at radius 1 is 0.967 bits per heavy atom.